The van der Waals surface area contributed by atoms with Crippen LogP contribution in [0.1, 0.15) is 23.9 Å². The number of methoxy groups -OCH3 is 1. The fourth-order valence-electron chi connectivity index (χ4n) is 1.75. The minimum atomic E-state index is -0.345. The molecule has 5 nitrogen and oxygen atoms in total. The van der Waals surface area contributed by atoms with Gasteiger partial charge in [0.25, 0.3) is 0 Å². The summed E-state index contributed by atoms with van der Waals surface area (Å²) >= 11 is 0. The molecule has 0 spiro atoms. The van der Waals surface area contributed by atoms with Gasteiger partial charge in [0.2, 0.25) is 0 Å². The molecule has 1 unspecified atom stereocenters. The summed E-state index contributed by atoms with van der Waals surface area (Å²) < 4.78 is 6.63. The Bertz CT molecular complexity index is 399. The largest absolute Gasteiger partial charge is 0.468 e. The first-order valence-corrected chi connectivity index (χ1v) is 5.83. The summed E-state index contributed by atoms with van der Waals surface area (Å²) in [7, 11) is 1.40. The van der Waals surface area contributed by atoms with E-state index in [1.54, 1.807) is 0 Å². The number of carbonyl (C=O) groups excluding carboxylic acids is 1. The van der Waals surface area contributed by atoms with Crippen LogP contribution in [0.4, 0.5) is 0 Å². The average Bonchev–Trinajstić information content (AvgIpc) is 2.55. The molecule has 17 heavy (non-hydrogen) atoms. The van der Waals surface area contributed by atoms with Crippen LogP contribution >= 0.6 is 0 Å². The van der Waals surface area contributed by atoms with Crippen LogP contribution in [-0.2, 0) is 16.1 Å². The van der Waals surface area contributed by atoms with Gasteiger partial charge < -0.3 is 10.1 Å². The number of hydrogen-bond acceptors (Lipinski definition) is 4. The predicted molar refractivity (Wildman–Crippen MR) is 65.9 cm³/mol. The number of carbonyl (C=O) groups is 1. The smallest absolute Gasteiger partial charge is 0.324 e. The molecule has 1 heterocycles. The lowest BCUT2D eigenvalue weighted by molar-refractivity contribution is -0.143. The van der Waals surface area contributed by atoms with Gasteiger partial charge in [-0.1, -0.05) is 6.92 Å². The van der Waals surface area contributed by atoms with Crippen molar-refractivity contribution in [2.75, 3.05) is 13.7 Å². The Morgan fingerprint density at radius 1 is 1.47 bits per heavy atom. The molecule has 0 fully saturated rings. The monoisotopic (exact) mass is 239 g/mol. The molecule has 0 radical (unpaired) electrons. The van der Waals surface area contributed by atoms with Crippen LogP contribution in [0.2, 0.25) is 0 Å². The Balaban J connectivity index is 2.85. The molecule has 96 valence electrons. The lowest BCUT2D eigenvalue weighted by Gasteiger charge is -2.16. The first kappa shape index (κ1) is 13.7. The third kappa shape index (κ3) is 3.06. The molecule has 5 heteroatoms. The maximum Gasteiger partial charge on any atom is 0.324 e. The van der Waals surface area contributed by atoms with E-state index in [4.69, 9.17) is 4.74 Å². The zero-order valence-corrected chi connectivity index (χ0v) is 11.2. The van der Waals surface area contributed by atoms with Crippen molar-refractivity contribution in [1.29, 1.82) is 0 Å². The zero-order chi connectivity index (χ0) is 13.0. The van der Waals surface area contributed by atoms with E-state index in [1.165, 1.54) is 12.7 Å². The first-order chi connectivity index (χ1) is 8.01. The SMILES string of the molecule is CCNC(Cn1nc(C)c(C)c1C)C(=O)OC. The molecule has 0 aliphatic rings. The van der Waals surface area contributed by atoms with Crippen molar-refractivity contribution >= 4 is 5.97 Å². The van der Waals surface area contributed by atoms with E-state index < -0.39 is 0 Å². The molecule has 1 aromatic heterocycles. The van der Waals surface area contributed by atoms with Crippen molar-refractivity contribution in [2.45, 2.75) is 40.3 Å². The highest BCUT2D eigenvalue weighted by Gasteiger charge is 2.20. The van der Waals surface area contributed by atoms with Crippen molar-refractivity contribution in [1.82, 2.24) is 15.1 Å². The molecule has 0 aliphatic heterocycles. The number of nitrogens with zero attached hydrogens (tertiary/aromatic N) is 2. The average molecular weight is 239 g/mol. The highest BCUT2D eigenvalue weighted by Crippen LogP contribution is 2.11. The van der Waals surface area contributed by atoms with E-state index in [1.807, 2.05) is 32.4 Å². The molecular weight excluding hydrogens is 218 g/mol. The van der Waals surface area contributed by atoms with Crippen LogP contribution in [0.25, 0.3) is 0 Å². The number of rotatable bonds is 5. The van der Waals surface area contributed by atoms with Crippen LogP contribution < -0.4 is 5.32 Å². The third-order valence-electron chi connectivity index (χ3n) is 3.04. The summed E-state index contributed by atoms with van der Waals surface area (Å²) in [6.45, 7) is 9.20. The van der Waals surface area contributed by atoms with E-state index in [0.717, 1.165) is 17.9 Å². The van der Waals surface area contributed by atoms with Crippen molar-refractivity contribution in [3.05, 3.63) is 17.0 Å². The van der Waals surface area contributed by atoms with E-state index in [2.05, 4.69) is 10.4 Å². The van der Waals surface area contributed by atoms with Gasteiger partial charge in [-0.05, 0) is 32.9 Å². The Labute approximate surface area is 102 Å². The summed E-state index contributed by atoms with van der Waals surface area (Å²) in [6, 6.07) is -0.345. The number of esters is 1. The lowest BCUT2D eigenvalue weighted by atomic mass is 10.2. The summed E-state index contributed by atoms with van der Waals surface area (Å²) in [5.74, 6) is -0.253. The summed E-state index contributed by atoms with van der Waals surface area (Å²) in [6.07, 6.45) is 0. The number of likely N-dealkylation sites (N-methyl/N-ethyl adjacent to an activating group) is 1. The minimum Gasteiger partial charge on any atom is -0.468 e. The quantitative estimate of drug-likeness (QED) is 0.778. The fourth-order valence-corrected chi connectivity index (χ4v) is 1.75. The van der Waals surface area contributed by atoms with Crippen LogP contribution in [-0.4, -0.2) is 35.4 Å². The number of nitrogens with one attached hydrogen (secondary N) is 1. The second kappa shape index (κ2) is 5.82. The van der Waals surface area contributed by atoms with Crippen LogP contribution in [0.5, 0.6) is 0 Å². The molecule has 0 aliphatic carbocycles. The molecule has 0 saturated carbocycles. The number of hydrogen-bond donors (Lipinski definition) is 1. The van der Waals surface area contributed by atoms with Gasteiger partial charge >= 0.3 is 5.97 Å². The molecular formula is C12H21N3O2. The van der Waals surface area contributed by atoms with Crippen molar-refractivity contribution in [2.24, 2.45) is 0 Å². The molecule has 1 aromatic rings. The van der Waals surface area contributed by atoms with Gasteiger partial charge in [0.15, 0.2) is 0 Å². The molecule has 1 N–H and O–H groups in total. The minimum absolute atomic E-state index is 0.253. The molecule has 1 rings (SSSR count). The molecule has 0 saturated heterocycles. The Hall–Kier alpha value is -1.36. The van der Waals surface area contributed by atoms with Gasteiger partial charge in [0, 0.05) is 5.69 Å². The van der Waals surface area contributed by atoms with Crippen LogP contribution in [0.15, 0.2) is 0 Å². The highest BCUT2D eigenvalue weighted by atomic mass is 16.5. The van der Waals surface area contributed by atoms with Gasteiger partial charge in [-0.3, -0.25) is 9.48 Å². The maximum absolute atomic E-state index is 11.6. The molecule has 0 bridgehead atoms. The predicted octanol–water partition coefficient (Wildman–Crippen LogP) is 0.959. The van der Waals surface area contributed by atoms with Gasteiger partial charge in [0.1, 0.15) is 6.04 Å². The third-order valence-corrected chi connectivity index (χ3v) is 3.04. The lowest BCUT2D eigenvalue weighted by Crippen LogP contribution is -2.41. The molecule has 0 amide bonds. The Morgan fingerprint density at radius 2 is 2.12 bits per heavy atom. The van der Waals surface area contributed by atoms with E-state index >= 15 is 0 Å². The van der Waals surface area contributed by atoms with E-state index in [9.17, 15) is 4.79 Å². The number of aryl methyl sites for hydroxylation is 1. The van der Waals surface area contributed by atoms with Crippen LogP contribution in [0, 0.1) is 20.8 Å². The van der Waals surface area contributed by atoms with E-state index in [-0.39, 0.29) is 12.0 Å². The summed E-state index contributed by atoms with van der Waals surface area (Å²) in [5.41, 5.74) is 3.27. The van der Waals surface area contributed by atoms with Gasteiger partial charge in [-0.15, -0.1) is 0 Å². The van der Waals surface area contributed by atoms with Crippen molar-refractivity contribution in [3.63, 3.8) is 0 Å². The van der Waals surface area contributed by atoms with Gasteiger partial charge in [-0.25, -0.2) is 0 Å². The first-order valence-electron chi connectivity index (χ1n) is 5.83. The standard InChI is InChI=1S/C12H21N3O2/c1-6-13-11(12(16)17-5)7-15-10(4)8(2)9(3)14-15/h11,13H,6-7H2,1-5H3. The van der Waals surface area contributed by atoms with Crippen molar-refractivity contribution in [3.8, 4) is 0 Å². The second-order valence-electron chi connectivity index (χ2n) is 4.11. The van der Waals surface area contributed by atoms with Crippen molar-refractivity contribution < 1.29 is 9.53 Å². The summed E-state index contributed by atoms with van der Waals surface area (Å²) in [5, 5.41) is 7.52. The molecule has 1 atom stereocenters. The molecule has 0 aromatic carbocycles. The van der Waals surface area contributed by atoms with Gasteiger partial charge in [-0.2, -0.15) is 5.10 Å². The van der Waals surface area contributed by atoms with E-state index in [0.29, 0.717) is 6.54 Å². The fraction of sp³-hybridized carbons (Fsp3) is 0.667. The van der Waals surface area contributed by atoms with Gasteiger partial charge in [0.05, 0.1) is 19.3 Å². The Morgan fingerprint density at radius 3 is 2.53 bits per heavy atom. The number of ether oxygens (including phenoxy) is 1. The normalized spacial score (nSPS) is 12.5. The highest BCUT2D eigenvalue weighted by molar-refractivity contribution is 5.75. The zero-order valence-electron chi connectivity index (χ0n) is 11.2. The number of aromatic nitrogens is 2. The topological polar surface area (TPSA) is 56.2 Å². The second-order valence-corrected chi connectivity index (χ2v) is 4.11. The Kier molecular flexibility index (Phi) is 4.69. The van der Waals surface area contributed by atoms with Crippen LogP contribution in [0.3, 0.4) is 0 Å². The maximum atomic E-state index is 11.6. The summed E-state index contributed by atoms with van der Waals surface area (Å²) in [4.78, 5) is 11.6.